The lowest BCUT2D eigenvalue weighted by atomic mass is 10.1. The summed E-state index contributed by atoms with van der Waals surface area (Å²) in [6, 6.07) is 9.82. The molecular formula is C29H28F4N8O2. The first kappa shape index (κ1) is 29.6. The average molecular weight is 597 g/mol. The van der Waals surface area contributed by atoms with Crippen molar-refractivity contribution >= 4 is 23.2 Å². The van der Waals surface area contributed by atoms with E-state index in [1.54, 1.807) is 26.2 Å². The molecule has 1 fully saturated rings. The molecule has 1 amide bonds. The first-order valence-electron chi connectivity index (χ1n) is 13.3. The van der Waals surface area contributed by atoms with Crippen molar-refractivity contribution in [3.63, 3.8) is 0 Å². The van der Waals surface area contributed by atoms with Crippen LogP contribution in [0.15, 0.2) is 61.1 Å². The molecule has 224 valence electrons. The number of benzene rings is 2. The molecule has 2 aromatic heterocycles. The summed E-state index contributed by atoms with van der Waals surface area (Å²) in [5.41, 5.74) is -0.353. The topological polar surface area (TPSA) is 108 Å². The van der Waals surface area contributed by atoms with Crippen molar-refractivity contribution in [2.45, 2.75) is 18.6 Å². The number of likely N-dealkylation sites (N-methyl/N-ethyl adjacent to an activating group) is 2. The molecule has 2 N–H and O–H groups in total. The van der Waals surface area contributed by atoms with Gasteiger partial charge in [0.25, 0.3) is 5.91 Å². The van der Waals surface area contributed by atoms with Gasteiger partial charge in [-0.3, -0.25) is 4.79 Å². The fourth-order valence-electron chi connectivity index (χ4n) is 4.79. The first-order chi connectivity index (χ1) is 20.5. The molecular weight excluding hydrogens is 568 g/mol. The second-order valence-electron chi connectivity index (χ2n) is 10.0. The number of carbonyl (C=O) groups is 1. The summed E-state index contributed by atoms with van der Waals surface area (Å²) in [7, 11) is 5.38. The number of anilines is 3. The predicted molar refractivity (Wildman–Crippen MR) is 153 cm³/mol. The maximum Gasteiger partial charge on any atom is 0.416 e. The highest BCUT2D eigenvalue weighted by Crippen LogP contribution is 2.37. The van der Waals surface area contributed by atoms with Crippen LogP contribution in [0.4, 0.5) is 34.9 Å². The van der Waals surface area contributed by atoms with Gasteiger partial charge in [0, 0.05) is 44.5 Å². The predicted octanol–water partition coefficient (Wildman–Crippen LogP) is 5.32. The second-order valence-corrected chi connectivity index (χ2v) is 10.0. The highest BCUT2D eigenvalue weighted by molar-refractivity contribution is 6.06. The van der Waals surface area contributed by atoms with Crippen LogP contribution >= 0.6 is 0 Å². The standard InChI is InChI=1S/C29H28F4N8O2/c1-34-28-37-16-36-25(39-28)22-5-4-9-35-27(22)43-21-12-17(11-19(30)14-21)26(42)38-23-13-18(29(31,32)33)6-7-24(23)41(3)20-8-10-40(2)15-20/h4-7,9,11-14,16,20H,8,10,15H2,1-3H3,(H,38,42)(H,34,36,37,39)/t20-/m0/s1. The summed E-state index contributed by atoms with van der Waals surface area (Å²) < 4.78 is 61.4. The van der Waals surface area contributed by atoms with Crippen molar-refractivity contribution in [1.82, 2.24) is 24.8 Å². The molecule has 2 aromatic carbocycles. The van der Waals surface area contributed by atoms with Gasteiger partial charge in [-0.1, -0.05) is 0 Å². The number of hydrogen-bond donors (Lipinski definition) is 2. The van der Waals surface area contributed by atoms with E-state index in [0.29, 0.717) is 23.7 Å². The summed E-state index contributed by atoms with van der Waals surface area (Å²) in [6.45, 7) is 1.55. The van der Waals surface area contributed by atoms with Crippen molar-refractivity contribution < 1.29 is 27.1 Å². The average Bonchev–Trinajstić information content (AvgIpc) is 3.42. The lowest BCUT2D eigenvalue weighted by Crippen LogP contribution is -2.34. The maximum absolute atomic E-state index is 14.7. The number of halogens is 4. The lowest BCUT2D eigenvalue weighted by Gasteiger charge is -2.29. The monoisotopic (exact) mass is 596 g/mol. The molecule has 0 aliphatic carbocycles. The molecule has 0 bridgehead atoms. The molecule has 1 aliphatic rings. The molecule has 0 saturated carbocycles. The van der Waals surface area contributed by atoms with Gasteiger partial charge in [-0.15, -0.1) is 0 Å². The summed E-state index contributed by atoms with van der Waals surface area (Å²) in [6.07, 6.45) is -1.06. The van der Waals surface area contributed by atoms with Crippen LogP contribution in [0.3, 0.4) is 0 Å². The molecule has 0 radical (unpaired) electrons. The summed E-state index contributed by atoms with van der Waals surface area (Å²) in [5, 5.41) is 5.37. The number of rotatable bonds is 8. The van der Waals surface area contributed by atoms with Crippen LogP contribution in [0.1, 0.15) is 22.3 Å². The molecule has 1 atom stereocenters. The van der Waals surface area contributed by atoms with E-state index in [1.807, 2.05) is 11.9 Å². The van der Waals surface area contributed by atoms with Crippen LogP contribution in [0.2, 0.25) is 0 Å². The third-order valence-corrected chi connectivity index (χ3v) is 7.02. The fourth-order valence-corrected chi connectivity index (χ4v) is 4.79. The number of likely N-dealkylation sites (tertiary alicyclic amines) is 1. The number of nitrogens with one attached hydrogen (secondary N) is 2. The SMILES string of the molecule is CNc1ncnc(-c2cccnc2Oc2cc(F)cc(C(=O)Nc3cc(C(F)(F)F)ccc3N(C)[C@H]3CCN(C)C3)c2)n1. The van der Waals surface area contributed by atoms with E-state index in [9.17, 15) is 22.4 Å². The van der Waals surface area contributed by atoms with Crippen LogP contribution < -0.4 is 20.3 Å². The molecule has 4 aromatic rings. The Labute approximate surface area is 244 Å². The number of nitrogens with zero attached hydrogens (tertiary/aromatic N) is 6. The van der Waals surface area contributed by atoms with Crippen molar-refractivity contribution in [3.8, 4) is 23.0 Å². The summed E-state index contributed by atoms with van der Waals surface area (Å²) in [4.78, 5) is 33.9. The molecule has 43 heavy (non-hydrogen) atoms. The minimum atomic E-state index is -4.63. The number of amides is 1. The quantitative estimate of drug-likeness (QED) is 0.261. The number of aromatic nitrogens is 4. The molecule has 14 heteroatoms. The largest absolute Gasteiger partial charge is 0.438 e. The third-order valence-electron chi connectivity index (χ3n) is 7.02. The van der Waals surface area contributed by atoms with E-state index in [0.717, 1.165) is 37.2 Å². The van der Waals surface area contributed by atoms with E-state index < -0.39 is 23.5 Å². The van der Waals surface area contributed by atoms with Crippen LogP contribution in [0.25, 0.3) is 11.4 Å². The zero-order valence-electron chi connectivity index (χ0n) is 23.5. The van der Waals surface area contributed by atoms with Gasteiger partial charge < -0.3 is 25.2 Å². The van der Waals surface area contributed by atoms with Gasteiger partial charge in [0.15, 0.2) is 5.82 Å². The normalized spacial score (nSPS) is 15.3. The van der Waals surface area contributed by atoms with Crippen molar-refractivity contribution in [1.29, 1.82) is 0 Å². The van der Waals surface area contributed by atoms with E-state index in [-0.39, 0.29) is 34.7 Å². The Morgan fingerprint density at radius 1 is 1.12 bits per heavy atom. The maximum atomic E-state index is 14.7. The number of hydrogen-bond acceptors (Lipinski definition) is 9. The number of alkyl halides is 3. The summed E-state index contributed by atoms with van der Waals surface area (Å²) in [5.74, 6) is -1.10. The number of ether oxygens (including phenoxy) is 1. The van der Waals surface area contributed by atoms with Crippen LogP contribution in [0, 0.1) is 5.82 Å². The van der Waals surface area contributed by atoms with Gasteiger partial charge in [-0.2, -0.15) is 18.2 Å². The van der Waals surface area contributed by atoms with Crippen molar-refractivity contribution in [2.24, 2.45) is 0 Å². The number of carbonyl (C=O) groups excluding carboxylic acids is 1. The smallest absolute Gasteiger partial charge is 0.416 e. The second kappa shape index (κ2) is 12.2. The molecule has 3 heterocycles. The zero-order valence-corrected chi connectivity index (χ0v) is 23.5. The van der Waals surface area contributed by atoms with Crippen LogP contribution in [-0.2, 0) is 6.18 Å². The minimum absolute atomic E-state index is 0.0349. The number of pyridine rings is 1. The first-order valence-corrected chi connectivity index (χ1v) is 13.3. The molecule has 10 nitrogen and oxygen atoms in total. The van der Waals surface area contributed by atoms with E-state index in [4.69, 9.17) is 4.74 Å². The third kappa shape index (κ3) is 6.80. The highest BCUT2D eigenvalue weighted by Gasteiger charge is 2.33. The Morgan fingerprint density at radius 2 is 1.93 bits per heavy atom. The van der Waals surface area contributed by atoms with Gasteiger partial charge in [0.05, 0.1) is 22.5 Å². The van der Waals surface area contributed by atoms with E-state index >= 15 is 0 Å². The Hall–Kier alpha value is -4.85. The highest BCUT2D eigenvalue weighted by atomic mass is 19.4. The van der Waals surface area contributed by atoms with Crippen LogP contribution in [-0.4, -0.2) is 71.0 Å². The van der Waals surface area contributed by atoms with Crippen molar-refractivity contribution in [3.05, 3.63) is 78.0 Å². The Kier molecular flexibility index (Phi) is 8.39. The summed E-state index contributed by atoms with van der Waals surface area (Å²) >= 11 is 0. The van der Waals surface area contributed by atoms with Gasteiger partial charge >= 0.3 is 6.18 Å². The Morgan fingerprint density at radius 3 is 2.65 bits per heavy atom. The molecule has 1 saturated heterocycles. The lowest BCUT2D eigenvalue weighted by molar-refractivity contribution is -0.137. The fraction of sp³-hybridized carbons (Fsp3) is 0.276. The van der Waals surface area contributed by atoms with Crippen LogP contribution in [0.5, 0.6) is 11.6 Å². The zero-order chi connectivity index (χ0) is 30.7. The Bertz CT molecular complexity index is 1630. The van der Waals surface area contributed by atoms with E-state index in [2.05, 4.69) is 35.5 Å². The molecule has 0 unspecified atom stereocenters. The van der Waals surface area contributed by atoms with Gasteiger partial charge in [-0.05, 0) is 62.5 Å². The van der Waals surface area contributed by atoms with Gasteiger partial charge in [0.1, 0.15) is 17.9 Å². The van der Waals surface area contributed by atoms with E-state index in [1.165, 1.54) is 24.7 Å². The van der Waals surface area contributed by atoms with Gasteiger partial charge in [-0.25, -0.2) is 19.3 Å². The van der Waals surface area contributed by atoms with Gasteiger partial charge in [0.2, 0.25) is 11.8 Å². The van der Waals surface area contributed by atoms with Crippen molar-refractivity contribution in [2.75, 3.05) is 49.8 Å². The Balaban J connectivity index is 1.44. The minimum Gasteiger partial charge on any atom is -0.438 e. The molecule has 5 rings (SSSR count). The molecule has 1 aliphatic heterocycles. The molecule has 0 spiro atoms.